The number of amides is 1. The number of likely N-dealkylation sites (tertiary alicyclic amines) is 2. The number of aromatic nitrogens is 1. The average Bonchev–Trinajstić information content (AvgIpc) is 3.03. The van der Waals surface area contributed by atoms with E-state index in [9.17, 15) is 4.79 Å². The molecule has 0 N–H and O–H groups in total. The van der Waals surface area contributed by atoms with Gasteiger partial charge >= 0.3 is 0 Å². The first-order valence-corrected chi connectivity index (χ1v) is 10.3. The van der Waals surface area contributed by atoms with E-state index >= 15 is 0 Å². The van der Waals surface area contributed by atoms with Crippen molar-refractivity contribution in [3.05, 3.63) is 51.0 Å². The first kappa shape index (κ1) is 17.7. The summed E-state index contributed by atoms with van der Waals surface area (Å²) in [6.07, 6.45) is 5.49. The summed E-state index contributed by atoms with van der Waals surface area (Å²) in [5.41, 5.74) is 3.32. The molecule has 1 aromatic heterocycles. The number of rotatable bonds is 3. The highest BCUT2D eigenvalue weighted by Crippen LogP contribution is 2.40. The number of carbonyl (C=O) groups excluding carboxylic acids is 1. The van der Waals surface area contributed by atoms with Gasteiger partial charge in [0.05, 0.1) is 5.01 Å². The lowest BCUT2D eigenvalue weighted by atomic mass is 9.77. The highest BCUT2D eigenvalue weighted by Gasteiger charge is 2.48. The third kappa shape index (κ3) is 3.19. The highest BCUT2D eigenvalue weighted by molar-refractivity contribution is 7.11. The standard InChI is InChI=1S/C21H27N3OS/c1-15-5-6-19(16(2)11-15)20(25)23-9-4-7-21(14-23)8-10-24(21)13-18-12-22-17(3)26-18/h5-6,11-12H,4,7-10,13-14H2,1-3H3/t21-/m0/s1. The molecule has 0 unspecified atom stereocenters. The molecule has 2 aromatic rings. The fraction of sp³-hybridized carbons (Fsp3) is 0.524. The molecule has 2 fully saturated rings. The number of piperidine rings is 1. The molecule has 0 bridgehead atoms. The van der Waals surface area contributed by atoms with Crippen molar-refractivity contribution in [1.29, 1.82) is 0 Å². The molecule has 4 rings (SSSR count). The van der Waals surface area contributed by atoms with Crippen LogP contribution in [-0.4, -0.2) is 45.9 Å². The van der Waals surface area contributed by atoms with Crippen molar-refractivity contribution in [3.8, 4) is 0 Å². The normalized spacial score (nSPS) is 23.3. The monoisotopic (exact) mass is 369 g/mol. The molecule has 1 atom stereocenters. The summed E-state index contributed by atoms with van der Waals surface area (Å²) < 4.78 is 0. The number of hydrogen-bond acceptors (Lipinski definition) is 4. The summed E-state index contributed by atoms with van der Waals surface area (Å²) in [4.78, 5) is 23.5. The SMILES string of the molecule is Cc1ccc(C(=O)N2CCC[C@]3(CCN3Cc3cnc(C)s3)C2)c(C)c1. The molecule has 138 valence electrons. The summed E-state index contributed by atoms with van der Waals surface area (Å²) in [7, 11) is 0. The van der Waals surface area contributed by atoms with Crippen molar-refractivity contribution >= 4 is 17.2 Å². The van der Waals surface area contributed by atoms with Gasteiger partial charge < -0.3 is 4.90 Å². The summed E-state index contributed by atoms with van der Waals surface area (Å²) in [5, 5.41) is 1.13. The molecule has 1 spiro atoms. The predicted molar refractivity (Wildman–Crippen MR) is 106 cm³/mol. The molecule has 26 heavy (non-hydrogen) atoms. The fourth-order valence-electron chi connectivity index (χ4n) is 4.47. The Balaban J connectivity index is 1.49. The summed E-state index contributed by atoms with van der Waals surface area (Å²) in [6.45, 7) is 10.0. The Kier molecular flexibility index (Phi) is 4.61. The van der Waals surface area contributed by atoms with Gasteiger partial charge in [-0.05, 0) is 51.7 Å². The van der Waals surface area contributed by atoms with Gasteiger partial charge in [-0.2, -0.15) is 0 Å². The number of nitrogens with zero attached hydrogens (tertiary/aromatic N) is 3. The Hall–Kier alpha value is -1.72. The molecule has 2 saturated heterocycles. The number of hydrogen-bond donors (Lipinski definition) is 0. The fourth-order valence-corrected chi connectivity index (χ4v) is 5.28. The largest absolute Gasteiger partial charge is 0.337 e. The number of aryl methyl sites for hydroxylation is 3. The molecular formula is C21H27N3OS. The number of thiazole rings is 1. The quantitative estimate of drug-likeness (QED) is 0.822. The van der Waals surface area contributed by atoms with Crippen molar-refractivity contribution in [2.75, 3.05) is 19.6 Å². The smallest absolute Gasteiger partial charge is 0.254 e. The molecule has 5 heteroatoms. The Morgan fingerprint density at radius 1 is 1.23 bits per heavy atom. The third-order valence-electron chi connectivity index (χ3n) is 5.99. The van der Waals surface area contributed by atoms with Crippen LogP contribution in [0.5, 0.6) is 0 Å². The lowest BCUT2D eigenvalue weighted by Gasteiger charge is -2.57. The van der Waals surface area contributed by atoms with Gasteiger partial charge in [0.15, 0.2) is 0 Å². The van der Waals surface area contributed by atoms with Crippen molar-refractivity contribution < 1.29 is 4.79 Å². The van der Waals surface area contributed by atoms with E-state index in [2.05, 4.69) is 34.7 Å². The lowest BCUT2D eigenvalue weighted by Crippen LogP contribution is -2.66. The molecule has 0 saturated carbocycles. The Morgan fingerprint density at radius 3 is 2.73 bits per heavy atom. The van der Waals surface area contributed by atoms with E-state index in [0.29, 0.717) is 0 Å². The van der Waals surface area contributed by atoms with Gasteiger partial charge in [0.2, 0.25) is 0 Å². The third-order valence-corrected chi connectivity index (χ3v) is 6.89. The first-order chi connectivity index (χ1) is 12.5. The molecule has 0 aliphatic carbocycles. The number of carbonyl (C=O) groups is 1. The van der Waals surface area contributed by atoms with E-state index in [4.69, 9.17) is 0 Å². The van der Waals surface area contributed by atoms with E-state index in [1.807, 2.05) is 25.3 Å². The van der Waals surface area contributed by atoms with Crippen LogP contribution in [-0.2, 0) is 6.54 Å². The van der Waals surface area contributed by atoms with Crippen LogP contribution < -0.4 is 0 Å². The van der Waals surface area contributed by atoms with E-state index in [1.165, 1.54) is 23.3 Å². The van der Waals surface area contributed by atoms with E-state index < -0.39 is 0 Å². The topological polar surface area (TPSA) is 36.4 Å². The van der Waals surface area contributed by atoms with E-state index in [0.717, 1.165) is 48.7 Å². The summed E-state index contributed by atoms with van der Waals surface area (Å²) >= 11 is 1.79. The van der Waals surface area contributed by atoms with Crippen LogP contribution in [0, 0.1) is 20.8 Å². The van der Waals surface area contributed by atoms with Gasteiger partial charge in [0.25, 0.3) is 5.91 Å². The van der Waals surface area contributed by atoms with Crippen LogP contribution in [0.25, 0.3) is 0 Å². The molecule has 0 radical (unpaired) electrons. The predicted octanol–water partition coefficient (Wildman–Crippen LogP) is 3.95. The molecule has 1 amide bonds. The summed E-state index contributed by atoms with van der Waals surface area (Å²) in [6, 6.07) is 6.14. The zero-order chi connectivity index (χ0) is 18.3. The maximum atomic E-state index is 13.1. The molecule has 3 heterocycles. The Bertz CT molecular complexity index is 830. The van der Waals surface area contributed by atoms with Gasteiger partial charge in [-0.25, -0.2) is 4.98 Å². The zero-order valence-corrected chi connectivity index (χ0v) is 16.7. The van der Waals surface area contributed by atoms with Crippen LogP contribution in [0.3, 0.4) is 0 Å². The van der Waals surface area contributed by atoms with Crippen molar-refractivity contribution in [2.45, 2.75) is 52.1 Å². The maximum Gasteiger partial charge on any atom is 0.254 e. The Labute approximate surface area is 159 Å². The van der Waals surface area contributed by atoms with Crippen molar-refractivity contribution in [3.63, 3.8) is 0 Å². The van der Waals surface area contributed by atoms with Gasteiger partial charge in [0.1, 0.15) is 0 Å². The van der Waals surface area contributed by atoms with Crippen LogP contribution in [0.15, 0.2) is 24.4 Å². The van der Waals surface area contributed by atoms with Gasteiger partial charge in [-0.1, -0.05) is 17.7 Å². The Morgan fingerprint density at radius 2 is 2.08 bits per heavy atom. The van der Waals surface area contributed by atoms with Gasteiger partial charge in [-0.15, -0.1) is 11.3 Å². The van der Waals surface area contributed by atoms with Crippen LogP contribution in [0.2, 0.25) is 0 Å². The zero-order valence-electron chi connectivity index (χ0n) is 15.9. The second-order valence-electron chi connectivity index (χ2n) is 7.89. The lowest BCUT2D eigenvalue weighted by molar-refractivity contribution is -0.0643. The van der Waals surface area contributed by atoms with Crippen LogP contribution >= 0.6 is 11.3 Å². The van der Waals surface area contributed by atoms with Crippen molar-refractivity contribution in [2.24, 2.45) is 0 Å². The van der Waals surface area contributed by atoms with E-state index in [1.54, 1.807) is 11.3 Å². The first-order valence-electron chi connectivity index (χ1n) is 9.50. The maximum absolute atomic E-state index is 13.1. The second-order valence-corrected chi connectivity index (χ2v) is 9.21. The second kappa shape index (κ2) is 6.78. The number of benzene rings is 1. The minimum absolute atomic E-state index is 0.171. The molecule has 2 aliphatic rings. The summed E-state index contributed by atoms with van der Waals surface area (Å²) in [5.74, 6) is 0.196. The van der Waals surface area contributed by atoms with Crippen molar-refractivity contribution in [1.82, 2.24) is 14.8 Å². The molecule has 1 aromatic carbocycles. The van der Waals surface area contributed by atoms with Crippen LogP contribution in [0.1, 0.15) is 50.6 Å². The van der Waals surface area contributed by atoms with Gasteiger partial charge in [0, 0.05) is 48.4 Å². The minimum atomic E-state index is 0.171. The van der Waals surface area contributed by atoms with Crippen LogP contribution in [0.4, 0.5) is 0 Å². The van der Waals surface area contributed by atoms with E-state index in [-0.39, 0.29) is 11.4 Å². The van der Waals surface area contributed by atoms with Gasteiger partial charge in [-0.3, -0.25) is 9.69 Å². The minimum Gasteiger partial charge on any atom is -0.337 e. The average molecular weight is 370 g/mol. The highest BCUT2D eigenvalue weighted by atomic mass is 32.1. The molecular weight excluding hydrogens is 342 g/mol. The molecule has 4 nitrogen and oxygen atoms in total. The molecule has 2 aliphatic heterocycles.